The lowest BCUT2D eigenvalue weighted by Gasteiger charge is -2.28. The maximum Gasteiger partial charge on any atom is 0.170 e. The first-order chi connectivity index (χ1) is 3.96. The Morgan fingerprint density at radius 3 is 1.56 bits per heavy atom. The van der Waals surface area contributed by atoms with Crippen LogP contribution in [0.15, 0.2) is 0 Å². The molecule has 0 aromatic carbocycles. The minimum atomic E-state index is -1.69. The Morgan fingerprint density at radius 1 is 1.11 bits per heavy atom. The lowest BCUT2D eigenvalue weighted by Crippen LogP contribution is -2.65. The molecule has 2 atom stereocenters. The summed E-state index contributed by atoms with van der Waals surface area (Å²) in [5.41, 5.74) is 6.97. The minimum Gasteiger partial charge on any atom is -0.370 e. The zero-order chi connectivity index (χ0) is 7.12. The van der Waals surface area contributed by atoms with Crippen molar-refractivity contribution in [2.45, 2.75) is 11.4 Å². The van der Waals surface area contributed by atoms with Crippen LogP contribution in [0.5, 0.6) is 0 Å². The molecule has 5 nitrogen and oxygen atoms in total. The Labute approximate surface area is 52.6 Å². The molecule has 0 spiro atoms. The van der Waals surface area contributed by atoms with Crippen LogP contribution in [0.25, 0.3) is 0 Å². The van der Waals surface area contributed by atoms with Crippen molar-refractivity contribution >= 4 is 0 Å². The molecular formula is C4H11N3O2. The molecule has 1 aliphatic rings. The molecule has 2 unspecified atom stereocenters. The van der Waals surface area contributed by atoms with Gasteiger partial charge in [0.2, 0.25) is 0 Å². The summed E-state index contributed by atoms with van der Waals surface area (Å²) in [4.78, 5) is 0. The van der Waals surface area contributed by atoms with Gasteiger partial charge in [0.15, 0.2) is 11.4 Å². The van der Waals surface area contributed by atoms with Crippen LogP contribution in [0.1, 0.15) is 0 Å². The fraction of sp³-hybridized carbons (Fsp3) is 1.00. The SMILES string of the molecule is NC1(O)CNCC1(N)O. The van der Waals surface area contributed by atoms with E-state index in [2.05, 4.69) is 5.32 Å². The van der Waals surface area contributed by atoms with E-state index < -0.39 is 11.4 Å². The third kappa shape index (κ3) is 0.930. The van der Waals surface area contributed by atoms with E-state index in [0.717, 1.165) is 0 Å². The van der Waals surface area contributed by atoms with Crippen molar-refractivity contribution in [3.05, 3.63) is 0 Å². The van der Waals surface area contributed by atoms with Gasteiger partial charge in [-0.25, -0.2) is 0 Å². The van der Waals surface area contributed by atoms with Crippen LogP contribution < -0.4 is 16.8 Å². The van der Waals surface area contributed by atoms with Gasteiger partial charge in [-0.3, -0.25) is 11.5 Å². The van der Waals surface area contributed by atoms with Crippen LogP contribution in [-0.2, 0) is 0 Å². The molecule has 1 heterocycles. The van der Waals surface area contributed by atoms with E-state index in [1.165, 1.54) is 0 Å². The third-order valence-corrected chi connectivity index (χ3v) is 1.54. The summed E-state index contributed by atoms with van der Waals surface area (Å²) < 4.78 is 0. The van der Waals surface area contributed by atoms with Gasteiger partial charge in [0.1, 0.15) is 0 Å². The van der Waals surface area contributed by atoms with Crippen molar-refractivity contribution in [2.24, 2.45) is 11.5 Å². The Morgan fingerprint density at radius 2 is 1.44 bits per heavy atom. The summed E-state index contributed by atoms with van der Waals surface area (Å²) in [5, 5.41) is 20.8. The van der Waals surface area contributed by atoms with Crippen LogP contribution in [0.3, 0.4) is 0 Å². The Bertz CT molecular complexity index is 109. The first-order valence-corrected chi connectivity index (χ1v) is 2.69. The zero-order valence-corrected chi connectivity index (χ0v) is 4.96. The molecule has 0 radical (unpaired) electrons. The van der Waals surface area contributed by atoms with Gasteiger partial charge in [-0.2, -0.15) is 0 Å². The fourth-order valence-electron chi connectivity index (χ4n) is 0.750. The maximum atomic E-state index is 9.06. The van der Waals surface area contributed by atoms with Crippen molar-refractivity contribution in [3.8, 4) is 0 Å². The normalized spacial score (nSPS) is 52.0. The number of hydrogen-bond donors (Lipinski definition) is 5. The van der Waals surface area contributed by atoms with Gasteiger partial charge in [-0.05, 0) is 0 Å². The molecule has 0 bridgehead atoms. The average molecular weight is 133 g/mol. The lowest BCUT2D eigenvalue weighted by molar-refractivity contribution is -0.109. The molecule has 0 aromatic rings. The van der Waals surface area contributed by atoms with Gasteiger partial charge in [0, 0.05) is 13.1 Å². The van der Waals surface area contributed by atoms with E-state index in [-0.39, 0.29) is 13.1 Å². The molecule has 9 heavy (non-hydrogen) atoms. The highest BCUT2D eigenvalue weighted by Gasteiger charge is 2.47. The number of β-amino-alcohol motifs (C(OH)–C–C–N with tert-alkyl or cyclic N) is 2. The third-order valence-electron chi connectivity index (χ3n) is 1.54. The van der Waals surface area contributed by atoms with Gasteiger partial charge < -0.3 is 15.5 Å². The zero-order valence-electron chi connectivity index (χ0n) is 4.96. The summed E-state index contributed by atoms with van der Waals surface area (Å²) in [6.07, 6.45) is 0. The van der Waals surface area contributed by atoms with E-state index in [1.54, 1.807) is 0 Å². The monoisotopic (exact) mass is 133 g/mol. The number of aliphatic hydroxyl groups is 2. The number of rotatable bonds is 0. The Hall–Kier alpha value is -0.200. The standard InChI is InChI=1S/C4H11N3O2/c5-3(8)1-7-2-4(3,6)9/h7-9H,1-2,5-6H2. The second-order valence-corrected chi connectivity index (χ2v) is 2.45. The van der Waals surface area contributed by atoms with E-state index in [4.69, 9.17) is 21.7 Å². The molecular weight excluding hydrogens is 122 g/mol. The quantitative estimate of drug-likeness (QED) is 0.225. The molecule has 1 fully saturated rings. The molecule has 0 amide bonds. The Kier molecular flexibility index (Phi) is 1.26. The van der Waals surface area contributed by atoms with Crippen molar-refractivity contribution in [3.63, 3.8) is 0 Å². The average Bonchev–Trinajstić information content (AvgIpc) is 1.81. The van der Waals surface area contributed by atoms with E-state index in [9.17, 15) is 0 Å². The van der Waals surface area contributed by atoms with Gasteiger partial charge in [-0.1, -0.05) is 0 Å². The first-order valence-electron chi connectivity index (χ1n) is 2.69. The number of nitrogens with two attached hydrogens (primary N) is 2. The Balaban J connectivity index is 2.75. The molecule has 0 aromatic heterocycles. The smallest absolute Gasteiger partial charge is 0.170 e. The van der Waals surface area contributed by atoms with E-state index in [1.807, 2.05) is 0 Å². The molecule has 0 aliphatic carbocycles. The van der Waals surface area contributed by atoms with Gasteiger partial charge >= 0.3 is 0 Å². The van der Waals surface area contributed by atoms with Crippen molar-refractivity contribution in [1.82, 2.24) is 5.32 Å². The lowest BCUT2D eigenvalue weighted by atomic mass is 10.1. The van der Waals surface area contributed by atoms with Gasteiger partial charge in [0.25, 0.3) is 0 Å². The summed E-state index contributed by atoms with van der Waals surface area (Å²) in [6.45, 7) is 0.250. The van der Waals surface area contributed by atoms with Gasteiger partial charge in [0.05, 0.1) is 0 Å². The first kappa shape index (κ1) is 6.91. The minimum absolute atomic E-state index is 0.125. The van der Waals surface area contributed by atoms with Crippen LogP contribution >= 0.6 is 0 Å². The number of nitrogens with one attached hydrogen (secondary N) is 1. The highest BCUT2D eigenvalue weighted by molar-refractivity contribution is 5.00. The largest absolute Gasteiger partial charge is 0.370 e. The second-order valence-electron chi connectivity index (χ2n) is 2.45. The predicted octanol–water partition coefficient (Wildman–Crippen LogP) is -3.12. The topological polar surface area (TPSA) is 105 Å². The van der Waals surface area contributed by atoms with Crippen molar-refractivity contribution in [2.75, 3.05) is 13.1 Å². The van der Waals surface area contributed by atoms with Crippen LogP contribution in [0.2, 0.25) is 0 Å². The number of hydrogen-bond acceptors (Lipinski definition) is 5. The van der Waals surface area contributed by atoms with Crippen molar-refractivity contribution in [1.29, 1.82) is 0 Å². The van der Waals surface area contributed by atoms with Crippen LogP contribution in [0, 0.1) is 0 Å². The van der Waals surface area contributed by atoms with Crippen LogP contribution in [0.4, 0.5) is 0 Å². The molecule has 7 N–H and O–H groups in total. The molecule has 1 rings (SSSR count). The van der Waals surface area contributed by atoms with E-state index in [0.29, 0.717) is 0 Å². The molecule has 1 aliphatic heterocycles. The van der Waals surface area contributed by atoms with E-state index >= 15 is 0 Å². The second kappa shape index (κ2) is 1.65. The summed E-state index contributed by atoms with van der Waals surface area (Å²) in [7, 11) is 0. The summed E-state index contributed by atoms with van der Waals surface area (Å²) in [6, 6.07) is 0. The maximum absolute atomic E-state index is 9.06. The van der Waals surface area contributed by atoms with Gasteiger partial charge in [-0.15, -0.1) is 0 Å². The molecule has 0 saturated carbocycles. The highest BCUT2D eigenvalue weighted by atomic mass is 16.4. The molecule has 5 heteroatoms. The summed E-state index contributed by atoms with van der Waals surface area (Å²) >= 11 is 0. The highest BCUT2D eigenvalue weighted by Crippen LogP contribution is 2.14. The predicted molar refractivity (Wildman–Crippen MR) is 31.1 cm³/mol. The summed E-state index contributed by atoms with van der Waals surface area (Å²) in [5.74, 6) is 0. The van der Waals surface area contributed by atoms with Crippen molar-refractivity contribution < 1.29 is 10.2 Å². The fourth-order valence-corrected chi connectivity index (χ4v) is 0.750. The van der Waals surface area contributed by atoms with Crippen LogP contribution in [-0.4, -0.2) is 34.8 Å². The molecule has 54 valence electrons. The molecule has 1 saturated heterocycles.